The lowest BCUT2D eigenvalue weighted by atomic mass is 10.00. The second-order valence-electron chi connectivity index (χ2n) is 10.2. The van der Waals surface area contributed by atoms with E-state index in [1.54, 1.807) is 35.2 Å². The molecule has 0 unspecified atom stereocenters. The van der Waals surface area contributed by atoms with Crippen molar-refractivity contribution in [3.63, 3.8) is 0 Å². The largest absolute Gasteiger partial charge is 0.484 e. The SMILES string of the molecule is CC(C)c1ccccc1NC(=O)COc1ccc(/C=C2/SC(=O)N(CC(=O)N3CCc4ccccc4C3)C2=O)cc1. The van der Waals surface area contributed by atoms with Gasteiger partial charge in [0.1, 0.15) is 12.3 Å². The molecule has 2 heterocycles. The first-order chi connectivity index (χ1) is 19.8. The molecular formula is C32H31N3O5S. The van der Waals surface area contributed by atoms with Crippen LogP contribution in [0.2, 0.25) is 0 Å². The molecule has 0 radical (unpaired) electrons. The molecule has 1 saturated heterocycles. The molecule has 0 bridgehead atoms. The number of carbonyl (C=O) groups excluding carboxylic acids is 4. The standard InChI is InChI=1S/C32H31N3O5S/c1-21(2)26-9-5-6-10-27(26)33-29(36)20-40-25-13-11-22(12-14-25)17-28-31(38)35(32(39)41-28)19-30(37)34-16-15-23-7-3-4-8-24(23)18-34/h3-14,17,21H,15-16,18-20H2,1-2H3,(H,33,36)/b28-17+. The Morgan fingerprint density at radius 1 is 0.976 bits per heavy atom. The van der Waals surface area contributed by atoms with Gasteiger partial charge >= 0.3 is 0 Å². The zero-order valence-electron chi connectivity index (χ0n) is 23.0. The number of nitrogens with one attached hydrogen (secondary N) is 1. The number of hydrogen-bond donors (Lipinski definition) is 1. The van der Waals surface area contributed by atoms with Crippen molar-refractivity contribution >= 4 is 46.5 Å². The van der Waals surface area contributed by atoms with Crippen LogP contribution in [0.1, 0.15) is 42.0 Å². The smallest absolute Gasteiger partial charge is 0.294 e. The minimum atomic E-state index is -0.482. The molecule has 0 spiro atoms. The number of thioether (sulfide) groups is 1. The van der Waals surface area contributed by atoms with Crippen LogP contribution in [0.25, 0.3) is 6.08 Å². The Hall–Kier alpha value is -4.37. The number of carbonyl (C=O) groups is 4. The van der Waals surface area contributed by atoms with Crippen LogP contribution in [-0.2, 0) is 27.3 Å². The Labute approximate surface area is 243 Å². The zero-order chi connectivity index (χ0) is 28.9. The van der Waals surface area contributed by atoms with Crippen molar-refractivity contribution in [1.29, 1.82) is 0 Å². The van der Waals surface area contributed by atoms with E-state index in [4.69, 9.17) is 4.74 Å². The number of benzene rings is 3. The second-order valence-corrected chi connectivity index (χ2v) is 11.2. The summed E-state index contributed by atoms with van der Waals surface area (Å²) in [6.07, 6.45) is 2.37. The number of rotatable bonds is 8. The first kappa shape index (κ1) is 28.2. The summed E-state index contributed by atoms with van der Waals surface area (Å²) in [5.74, 6) is -0.226. The lowest BCUT2D eigenvalue weighted by molar-refractivity contribution is -0.136. The fourth-order valence-corrected chi connectivity index (χ4v) is 5.68. The lowest BCUT2D eigenvalue weighted by Gasteiger charge is -2.29. The van der Waals surface area contributed by atoms with Gasteiger partial charge < -0.3 is 15.0 Å². The number of ether oxygens (including phenoxy) is 1. The minimum Gasteiger partial charge on any atom is -0.484 e. The van der Waals surface area contributed by atoms with Crippen LogP contribution >= 0.6 is 11.8 Å². The van der Waals surface area contributed by atoms with E-state index >= 15 is 0 Å². The van der Waals surface area contributed by atoms with E-state index in [9.17, 15) is 19.2 Å². The predicted octanol–water partition coefficient (Wildman–Crippen LogP) is 5.45. The molecular weight excluding hydrogens is 538 g/mol. The van der Waals surface area contributed by atoms with Crippen molar-refractivity contribution in [1.82, 2.24) is 9.80 Å². The maximum Gasteiger partial charge on any atom is 0.294 e. The van der Waals surface area contributed by atoms with Crippen LogP contribution in [-0.4, -0.2) is 52.5 Å². The van der Waals surface area contributed by atoms with Crippen LogP contribution in [0.15, 0.2) is 77.7 Å². The molecule has 41 heavy (non-hydrogen) atoms. The average Bonchev–Trinajstić information content (AvgIpc) is 3.23. The normalized spacial score (nSPS) is 15.8. The molecule has 1 N–H and O–H groups in total. The summed E-state index contributed by atoms with van der Waals surface area (Å²) in [5, 5.41) is 2.44. The molecule has 2 aliphatic heterocycles. The molecule has 3 aromatic carbocycles. The topological polar surface area (TPSA) is 96.0 Å². The minimum absolute atomic E-state index is 0.151. The third-order valence-electron chi connectivity index (χ3n) is 7.05. The van der Waals surface area contributed by atoms with E-state index in [2.05, 4.69) is 25.2 Å². The molecule has 0 aromatic heterocycles. The summed E-state index contributed by atoms with van der Waals surface area (Å²) in [7, 11) is 0. The van der Waals surface area contributed by atoms with Gasteiger partial charge in [-0.05, 0) is 70.6 Å². The highest BCUT2D eigenvalue weighted by atomic mass is 32.2. The molecule has 4 amide bonds. The van der Waals surface area contributed by atoms with E-state index in [0.29, 0.717) is 24.4 Å². The molecule has 2 aliphatic rings. The first-order valence-corrected chi connectivity index (χ1v) is 14.3. The number of fused-ring (bicyclic) bond motifs is 1. The fraction of sp³-hybridized carbons (Fsp3) is 0.250. The van der Waals surface area contributed by atoms with E-state index in [0.717, 1.165) is 39.9 Å². The van der Waals surface area contributed by atoms with Gasteiger partial charge in [-0.1, -0.05) is 68.4 Å². The van der Waals surface area contributed by atoms with Crippen molar-refractivity contribution in [2.75, 3.05) is 25.0 Å². The highest BCUT2D eigenvalue weighted by molar-refractivity contribution is 8.18. The van der Waals surface area contributed by atoms with Gasteiger partial charge in [-0.2, -0.15) is 0 Å². The Bertz CT molecular complexity index is 1520. The van der Waals surface area contributed by atoms with Crippen LogP contribution < -0.4 is 10.1 Å². The number of imide groups is 1. The molecule has 1 fully saturated rings. The Kier molecular flexibility index (Phi) is 8.54. The Morgan fingerprint density at radius 2 is 1.68 bits per heavy atom. The zero-order valence-corrected chi connectivity index (χ0v) is 23.8. The summed E-state index contributed by atoms with van der Waals surface area (Å²) in [5.41, 5.74) is 4.82. The first-order valence-electron chi connectivity index (χ1n) is 13.5. The molecule has 8 nitrogen and oxygen atoms in total. The summed E-state index contributed by atoms with van der Waals surface area (Å²) >= 11 is 0.820. The van der Waals surface area contributed by atoms with Crippen molar-refractivity contribution in [3.05, 3.63) is 100.0 Å². The number of hydrogen-bond acceptors (Lipinski definition) is 6. The van der Waals surface area contributed by atoms with Gasteiger partial charge in [0.2, 0.25) is 5.91 Å². The molecule has 3 aromatic rings. The fourth-order valence-electron chi connectivity index (χ4n) is 4.84. The highest BCUT2D eigenvalue weighted by Gasteiger charge is 2.37. The molecule has 5 rings (SSSR count). The van der Waals surface area contributed by atoms with Gasteiger partial charge in [0.15, 0.2) is 6.61 Å². The van der Waals surface area contributed by atoms with Crippen molar-refractivity contribution < 1.29 is 23.9 Å². The monoisotopic (exact) mass is 569 g/mol. The third-order valence-corrected chi connectivity index (χ3v) is 7.96. The van der Waals surface area contributed by atoms with Gasteiger partial charge in [0.05, 0.1) is 4.91 Å². The van der Waals surface area contributed by atoms with Crippen LogP contribution in [0.3, 0.4) is 0 Å². The maximum atomic E-state index is 13.0. The summed E-state index contributed by atoms with van der Waals surface area (Å²) in [4.78, 5) is 53.9. The van der Waals surface area contributed by atoms with Gasteiger partial charge in [0, 0.05) is 18.8 Å². The van der Waals surface area contributed by atoms with Crippen LogP contribution in [0.4, 0.5) is 10.5 Å². The second kappa shape index (κ2) is 12.4. The summed E-state index contributed by atoms with van der Waals surface area (Å²) < 4.78 is 5.63. The van der Waals surface area contributed by atoms with E-state index in [-0.39, 0.29) is 35.8 Å². The number of amides is 4. The Morgan fingerprint density at radius 3 is 2.44 bits per heavy atom. The molecule has 210 valence electrons. The summed E-state index contributed by atoms with van der Waals surface area (Å²) in [6, 6.07) is 22.5. The average molecular weight is 570 g/mol. The molecule has 0 atom stereocenters. The van der Waals surface area contributed by atoms with Gasteiger partial charge in [0.25, 0.3) is 17.1 Å². The van der Waals surface area contributed by atoms with E-state index in [1.165, 1.54) is 5.56 Å². The van der Waals surface area contributed by atoms with E-state index in [1.807, 2.05) is 42.5 Å². The molecule has 0 aliphatic carbocycles. The maximum absolute atomic E-state index is 13.0. The van der Waals surface area contributed by atoms with Crippen molar-refractivity contribution in [3.8, 4) is 5.75 Å². The Balaban J connectivity index is 1.15. The van der Waals surface area contributed by atoms with Crippen LogP contribution in [0, 0.1) is 0 Å². The van der Waals surface area contributed by atoms with Crippen LogP contribution in [0.5, 0.6) is 5.75 Å². The number of anilines is 1. The van der Waals surface area contributed by atoms with Gasteiger partial charge in [-0.25, -0.2) is 0 Å². The van der Waals surface area contributed by atoms with Gasteiger partial charge in [-0.3, -0.25) is 24.1 Å². The number of para-hydroxylation sites is 1. The molecule has 9 heteroatoms. The lowest BCUT2D eigenvalue weighted by Crippen LogP contribution is -2.44. The predicted molar refractivity (Wildman–Crippen MR) is 159 cm³/mol. The highest BCUT2D eigenvalue weighted by Crippen LogP contribution is 2.33. The van der Waals surface area contributed by atoms with Crippen molar-refractivity contribution in [2.45, 2.75) is 32.7 Å². The van der Waals surface area contributed by atoms with Gasteiger partial charge in [-0.15, -0.1) is 0 Å². The summed E-state index contributed by atoms with van der Waals surface area (Å²) in [6.45, 7) is 4.74. The molecule has 0 saturated carbocycles. The van der Waals surface area contributed by atoms with E-state index < -0.39 is 11.1 Å². The number of nitrogens with zero attached hydrogens (tertiary/aromatic N) is 2. The van der Waals surface area contributed by atoms with Crippen molar-refractivity contribution in [2.24, 2.45) is 0 Å². The quantitative estimate of drug-likeness (QED) is 0.363. The third kappa shape index (κ3) is 6.69.